The van der Waals surface area contributed by atoms with Crippen molar-refractivity contribution >= 4 is 27.4 Å². The summed E-state index contributed by atoms with van der Waals surface area (Å²) in [5.41, 5.74) is 1.47. The van der Waals surface area contributed by atoms with Gasteiger partial charge in [-0.15, -0.1) is 0 Å². The molecule has 0 fully saturated rings. The van der Waals surface area contributed by atoms with Crippen molar-refractivity contribution in [3.8, 4) is 0 Å². The zero-order chi connectivity index (χ0) is 13.8. The normalized spacial score (nSPS) is 10.3. The largest absolute Gasteiger partial charge is 0.367 e. The molecule has 0 saturated carbocycles. The van der Waals surface area contributed by atoms with Gasteiger partial charge in [0.15, 0.2) is 5.78 Å². The molecule has 2 nitrogen and oxygen atoms in total. The molecule has 0 saturated heterocycles. The molecule has 0 atom stereocenters. The second kappa shape index (κ2) is 5.97. The Morgan fingerprint density at radius 3 is 2.53 bits per heavy atom. The molecule has 0 radical (unpaired) electrons. The highest BCUT2D eigenvalue weighted by atomic mass is 79.9. The van der Waals surface area contributed by atoms with Gasteiger partial charge < -0.3 is 4.90 Å². The van der Waals surface area contributed by atoms with E-state index in [0.29, 0.717) is 5.56 Å². The van der Waals surface area contributed by atoms with Gasteiger partial charge in [-0.05, 0) is 36.4 Å². The number of hydrogen-bond acceptors (Lipinski definition) is 2. The number of hydrogen-bond donors (Lipinski definition) is 0. The topological polar surface area (TPSA) is 20.3 Å². The predicted octanol–water partition coefficient (Wildman–Crippen LogP) is 3.91. The third-order valence-corrected chi connectivity index (χ3v) is 3.29. The Kier molecular flexibility index (Phi) is 4.32. The van der Waals surface area contributed by atoms with Crippen molar-refractivity contribution in [2.45, 2.75) is 0 Å². The number of Topliss-reactive ketones (excluding diaryl/α,β-unsaturated/α-hetero) is 1. The van der Waals surface area contributed by atoms with E-state index in [1.807, 2.05) is 19.2 Å². The van der Waals surface area contributed by atoms with Gasteiger partial charge in [0.25, 0.3) is 0 Å². The quantitative estimate of drug-likeness (QED) is 0.796. The molecule has 98 valence electrons. The molecule has 0 amide bonds. The summed E-state index contributed by atoms with van der Waals surface area (Å²) in [5, 5.41) is 0. The Labute approximate surface area is 120 Å². The minimum atomic E-state index is -0.282. The minimum Gasteiger partial charge on any atom is -0.367 e. The lowest BCUT2D eigenvalue weighted by Crippen LogP contribution is -2.25. The van der Waals surface area contributed by atoms with E-state index in [9.17, 15) is 9.18 Å². The molecule has 2 aromatic carbocycles. The maximum absolute atomic E-state index is 12.8. The van der Waals surface area contributed by atoms with Crippen molar-refractivity contribution in [1.82, 2.24) is 0 Å². The lowest BCUT2D eigenvalue weighted by Gasteiger charge is -2.18. The fourth-order valence-electron chi connectivity index (χ4n) is 1.76. The molecular weight excluding hydrogens is 309 g/mol. The van der Waals surface area contributed by atoms with E-state index in [4.69, 9.17) is 0 Å². The summed E-state index contributed by atoms with van der Waals surface area (Å²) in [4.78, 5) is 13.9. The Morgan fingerprint density at radius 1 is 1.21 bits per heavy atom. The van der Waals surface area contributed by atoms with Gasteiger partial charge in [-0.2, -0.15) is 0 Å². The van der Waals surface area contributed by atoms with E-state index >= 15 is 0 Å². The van der Waals surface area contributed by atoms with Gasteiger partial charge in [-0.3, -0.25) is 4.79 Å². The van der Waals surface area contributed by atoms with Crippen LogP contribution in [0.1, 0.15) is 10.4 Å². The molecule has 0 spiro atoms. The fraction of sp³-hybridized carbons (Fsp3) is 0.133. The maximum Gasteiger partial charge on any atom is 0.182 e. The van der Waals surface area contributed by atoms with Crippen LogP contribution < -0.4 is 4.90 Å². The third kappa shape index (κ3) is 3.64. The van der Waals surface area contributed by atoms with Crippen LogP contribution in [0.25, 0.3) is 0 Å². The van der Waals surface area contributed by atoms with Crippen molar-refractivity contribution in [1.29, 1.82) is 0 Å². The van der Waals surface area contributed by atoms with Crippen LogP contribution in [0, 0.1) is 5.82 Å². The van der Waals surface area contributed by atoms with Crippen molar-refractivity contribution in [3.05, 3.63) is 64.4 Å². The Morgan fingerprint density at radius 2 is 1.89 bits per heavy atom. The Bertz CT molecular complexity index is 583. The van der Waals surface area contributed by atoms with Crippen LogP contribution >= 0.6 is 15.9 Å². The smallest absolute Gasteiger partial charge is 0.182 e. The Balaban J connectivity index is 2.08. The van der Waals surface area contributed by atoms with Crippen LogP contribution in [0.5, 0.6) is 0 Å². The molecule has 19 heavy (non-hydrogen) atoms. The number of ketones is 1. The molecular formula is C15H13BrFNO. The van der Waals surface area contributed by atoms with Crippen LogP contribution in [0.2, 0.25) is 0 Å². The second-order valence-electron chi connectivity index (χ2n) is 4.27. The summed E-state index contributed by atoms with van der Waals surface area (Å²) in [6.45, 7) is 0.252. The molecule has 0 aliphatic heterocycles. The highest BCUT2D eigenvalue weighted by molar-refractivity contribution is 9.10. The number of benzene rings is 2. The molecule has 2 rings (SSSR count). The zero-order valence-electron chi connectivity index (χ0n) is 10.4. The van der Waals surface area contributed by atoms with Crippen LogP contribution in [0.4, 0.5) is 10.1 Å². The lowest BCUT2D eigenvalue weighted by molar-refractivity contribution is 0.100. The highest BCUT2D eigenvalue weighted by Crippen LogP contribution is 2.16. The number of carbonyl (C=O) groups is 1. The number of anilines is 1. The standard InChI is InChI=1S/C15H13BrFNO/c1-18(14-7-5-13(17)6-8-14)10-15(19)11-3-2-4-12(16)9-11/h2-9H,10H2,1H3. The maximum atomic E-state index is 12.8. The summed E-state index contributed by atoms with van der Waals surface area (Å²) < 4.78 is 13.7. The SMILES string of the molecule is CN(CC(=O)c1cccc(Br)c1)c1ccc(F)cc1. The molecule has 4 heteroatoms. The van der Waals surface area contributed by atoms with Crippen molar-refractivity contribution in [3.63, 3.8) is 0 Å². The van der Waals surface area contributed by atoms with Crippen LogP contribution in [-0.4, -0.2) is 19.4 Å². The number of likely N-dealkylation sites (N-methyl/N-ethyl adjacent to an activating group) is 1. The van der Waals surface area contributed by atoms with E-state index in [1.165, 1.54) is 12.1 Å². The molecule has 0 unspecified atom stereocenters. The molecule has 0 aliphatic rings. The molecule has 2 aromatic rings. The zero-order valence-corrected chi connectivity index (χ0v) is 12.0. The summed E-state index contributed by atoms with van der Waals surface area (Å²) >= 11 is 3.34. The van der Waals surface area contributed by atoms with Gasteiger partial charge in [0, 0.05) is 22.8 Å². The van der Waals surface area contributed by atoms with Crippen LogP contribution in [0.15, 0.2) is 53.0 Å². The predicted molar refractivity (Wildman–Crippen MR) is 78.1 cm³/mol. The summed E-state index contributed by atoms with van der Waals surface area (Å²) in [6.07, 6.45) is 0. The van der Waals surface area contributed by atoms with Crippen molar-refractivity contribution < 1.29 is 9.18 Å². The Hall–Kier alpha value is -1.68. The molecule has 0 aromatic heterocycles. The molecule has 0 N–H and O–H groups in total. The first kappa shape index (κ1) is 13.7. The van der Waals surface area contributed by atoms with E-state index < -0.39 is 0 Å². The lowest BCUT2D eigenvalue weighted by atomic mass is 10.1. The van der Waals surface area contributed by atoms with Gasteiger partial charge in [0.05, 0.1) is 6.54 Å². The minimum absolute atomic E-state index is 0.0214. The molecule has 0 bridgehead atoms. The number of rotatable bonds is 4. The van der Waals surface area contributed by atoms with Gasteiger partial charge in [-0.1, -0.05) is 28.1 Å². The van der Waals surface area contributed by atoms with Gasteiger partial charge in [0.1, 0.15) is 5.82 Å². The number of carbonyl (C=O) groups excluding carboxylic acids is 1. The average Bonchev–Trinajstić information content (AvgIpc) is 2.39. The fourth-order valence-corrected chi connectivity index (χ4v) is 2.15. The van der Waals surface area contributed by atoms with E-state index in [0.717, 1.165) is 10.2 Å². The first-order valence-electron chi connectivity index (χ1n) is 5.82. The van der Waals surface area contributed by atoms with Crippen LogP contribution in [0.3, 0.4) is 0 Å². The molecule has 0 aliphatic carbocycles. The van der Waals surface area contributed by atoms with Gasteiger partial charge >= 0.3 is 0 Å². The third-order valence-electron chi connectivity index (χ3n) is 2.79. The monoisotopic (exact) mass is 321 g/mol. The second-order valence-corrected chi connectivity index (χ2v) is 5.18. The van der Waals surface area contributed by atoms with Gasteiger partial charge in [0.2, 0.25) is 0 Å². The summed E-state index contributed by atoms with van der Waals surface area (Å²) in [5.74, 6) is -0.261. The van der Waals surface area contributed by atoms with E-state index in [1.54, 1.807) is 29.2 Å². The molecule has 0 heterocycles. The van der Waals surface area contributed by atoms with Gasteiger partial charge in [-0.25, -0.2) is 4.39 Å². The highest BCUT2D eigenvalue weighted by Gasteiger charge is 2.10. The van der Waals surface area contributed by atoms with E-state index in [2.05, 4.69) is 15.9 Å². The van der Waals surface area contributed by atoms with Crippen molar-refractivity contribution in [2.75, 3.05) is 18.5 Å². The summed E-state index contributed by atoms with van der Waals surface area (Å²) in [7, 11) is 1.81. The van der Waals surface area contributed by atoms with Crippen LogP contribution in [-0.2, 0) is 0 Å². The van der Waals surface area contributed by atoms with E-state index in [-0.39, 0.29) is 18.1 Å². The average molecular weight is 322 g/mol. The first-order valence-corrected chi connectivity index (χ1v) is 6.61. The summed E-state index contributed by atoms with van der Waals surface area (Å²) in [6, 6.07) is 13.4. The first-order chi connectivity index (χ1) is 9.06. The number of halogens is 2. The van der Waals surface area contributed by atoms with Crippen molar-refractivity contribution in [2.24, 2.45) is 0 Å². The number of nitrogens with zero attached hydrogens (tertiary/aromatic N) is 1.